The molecule has 104 valence electrons. The molecule has 3 rings (SSSR count). The van der Waals surface area contributed by atoms with Crippen LogP contribution in [0, 0.1) is 0 Å². The van der Waals surface area contributed by atoms with Crippen molar-refractivity contribution >= 4 is 5.78 Å². The van der Waals surface area contributed by atoms with Gasteiger partial charge >= 0.3 is 0 Å². The van der Waals surface area contributed by atoms with Crippen molar-refractivity contribution in [2.75, 3.05) is 6.61 Å². The molecule has 1 heterocycles. The molecule has 1 fully saturated rings. The van der Waals surface area contributed by atoms with E-state index in [9.17, 15) is 4.79 Å². The van der Waals surface area contributed by atoms with Gasteiger partial charge in [-0.2, -0.15) is 0 Å². The molecule has 0 N–H and O–H groups in total. The van der Waals surface area contributed by atoms with Gasteiger partial charge in [0.25, 0.3) is 0 Å². The van der Waals surface area contributed by atoms with Crippen molar-refractivity contribution in [1.82, 2.24) is 9.55 Å². The standard InChI is InChI=1S/C16H18N2O2/c1-12(13-5-3-2-4-6-13)18-11-17-9-15(18)16(19)10-20-14-7-8-14/h2-6,9,11-12,14H,7-8,10H2,1H3/t12-/m1/s1. The average Bonchev–Trinajstić information content (AvgIpc) is 3.19. The zero-order chi connectivity index (χ0) is 13.9. The predicted molar refractivity (Wildman–Crippen MR) is 75.8 cm³/mol. The summed E-state index contributed by atoms with van der Waals surface area (Å²) in [4.78, 5) is 16.3. The third-order valence-corrected chi connectivity index (χ3v) is 3.63. The topological polar surface area (TPSA) is 44.1 Å². The quantitative estimate of drug-likeness (QED) is 0.758. The predicted octanol–water partition coefficient (Wildman–Crippen LogP) is 2.85. The molecule has 1 aromatic carbocycles. The first-order valence-corrected chi connectivity index (χ1v) is 6.97. The van der Waals surface area contributed by atoms with Gasteiger partial charge < -0.3 is 9.30 Å². The van der Waals surface area contributed by atoms with Crippen LogP contribution in [0.15, 0.2) is 42.9 Å². The van der Waals surface area contributed by atoms with Gasteiger partial charge in [0.1, 0.15) is 12.3 Å². The number of benzene rings is 1. The van der Waals surface area contributed by atoms with Gasteiger partial charge in [0.2, 0.25) is 5.78 Å². The molecule has 0 unspecified atom stereocenters. The molecule has 1 aliphatic rings. The number of carbonyl (C=O) groups is 1. The van der Waals surface area contributed by atoms with Gasteiger partial charge in [-0.05, 0) is 25.3 Å². The van der Waals surface area contributed by atoms with Crippen LogP contribution in [-0.4, -0.2) is 28.0 Å². The third kappa shape index (κ3) is 2.80. The van der Waals surface area contributed by atoms with Crippen LogP contribution in [0.3, 0.4) is 0 Å². The first kappa shape index (κ1) is 13.1. The van der Waals surface area contributed by atoms with Gasteiger partial charge in [0.15, 0.2) is 0 Å². The number of hydrogen-bond donors (Lipinski definition) is 0. The van der Waals surface area contributed by atoms with Crippen LogP contribution in [0.25, 0.3) is 0 Å². The number of imidazole rings is 1. The number of nitrogens with zero attached hydrogens (tertiary/aromatic N) is 2. The summed E-state index contributed by atoms with van der Waals surface area (Å²) in [6.45, 7) is 2.22. The number of ketones is 1. The Bertz CT molecular complexity index is 588. The van der Waals surface area contributed by atoms with E-state index >= 15 is 0 Å². The van der Waals surface area contributed by atoms with E-state index in [4.69, 9.17) is 4.74 Å². The molecular formula is C16H18N2O2. The normalized spacial score (nSPS) is 16.1. The first-order chi connectivity index (χ1) is 9.75. The Hall–Kier alpha value is -1.94. The summed E-state index contributed by atoms with van der Waals surface area (Å²) in [7, 11) is 0. The molecular weight excluding hydrogens is 252 g/mol. The Labute approximate surface area is 118 Å². The Morgan fingerprint density at radius 3 is 2.85 bits per heavy atom. The highest BCUT2D eigenvalue weighted by Gasteiger charge is 2.24. The fraction of sp³-hybridized carbons (Fsp3) is 0.375. The Kier molecular flexibility index (Phi) is 3.65. The molecule has 1 saturated carbocycles. The largest absolute Gasteiger partial charge is 0.370 e. The van der Waals surface area contributed by atoms with Gasteiger partial charge in [0.05, 0.1) is 24.7 Å². The van der Waals surface area contributed by atoms with E-state index in [-0.39, 0.29) is 18.4 Å². The highest BCUT2D eigenvalue weighted by Crippen LogP contribution is 2.24. The number of Topliss-reactive ketones (excluding diaryl/α,β-unsaturated/α-hetero) is 1. The highest BCUT2D eigenvalue weighted by atomic mass is 16.5. The molecule has 1 aliphatic carbocycles. The lowest BCUT2D eigenvalue weighted by Crippen LogP contribution is -2.17. The maximum atomic E-state index is 12.2. The van der Waals surface area contributed by atoms with E-state index in [1.165, 1.54) is 0 Å². The van der Waals surface area contributed by atoms with E-state index in [1.807, 2.05) is 22.8 Å². The van der Waals surface area contributed by atoms with Gasteiger partial charge in [-0.3, -0.25) is 4.79 Å². The summed E-state index contributed by atoms with van der Waals surface area (Å²) in [6.07, 6.45) is 5.78. The van der Waals surface area contributed by atoms with E-state index < -0.39 is 0 Å². The second-order valence-corrected chi connectivity index (χ2v) is 5.21. The Morgan fingerprint density at radius 2 is 2.15 bits per heavy atom. The van der Waals surface area contributed by atoms with E-state index in [1.54, 1.807) is 12.5 Å². The van der Waals surface area contributed by atoms with Gasteiger partial charge in [0, 0.05) is 0 Å². The minimum atomic E-state index is -0.00261. The second kappa shape index (κ2) is 5.59. The Balaban J connectivity index is 1.76. The van der Waals surface area contributed by atoms with E-state index in [2.05, 4.69) is 24.0 Å². The molecule has 4 nitrogen and oxygen atoms in total. The van der Waals surface area contributed by atoms with Gasteiger partial charge in [-0.15, -0.1) is 0 Å². The lowest BCUT2D eigenvalue weighted by Gasteiger charge is -2.16. The fourth-order valence-corrected chi connectivity index (χ4v) is 2.22. The molecule has 2 aromatic rings. The zero-order valence-corrected chi connectivity index (χ0v) is 11.5. The maximum Gasteiger partial charge on any atom is 0.206 e. The number of aromatic nitrogens is 2. The molecule has 0 spiro atoms. The molecule has 0 amide bonds. The molecule has 4 heteroatoms. The van der Waals surface area contributed by atoms with Crippen LogP contribution in [0.1, 0.15) is 41.9 Å². The van der Waals surface area contributed by atoms with E-state index in [0.29, 0.717) is 11.8 Å². The fourth-order valence-electron chi connectivity index (χ4n) is 2.22. The summed E-state index contributed by atoms with van der Waals surface area (Å²) in [5.74, 6) is -0.00261. The monoisotopic (exact) mass is 270 g/mol. The molecule has 0 radical (unpaired) electrons. The SMILES string of the molecule is C[C@H](c1ccccc1)n1cncc1C(=O)COC1CC1. The van der Waals surface area contributed by atoms with Gasteiger partial charge in [-0.25, -0.2) is 4.98 Å². The summed E-state index contributed by atoms with van der Waals surface area (Å²) in [5, 5.41) is 0. The van der Waals surface area contributed by atoms with Crippen molar-refractivity contribution in [3.05, 3.63) is 54.1 Å². The van der Waals surface area contributed by atoms with Crippen LogP contribution in [0.5, 0.6) is 0 Å². The number of ether oxygens (including phenoxy) is 1. The van der Waals surface area contributed by atoms with Crippen LogP contribution >= 0.6 is 0 Å². The third-order valence-electron chi connectivity index (χ3n) is 3.63. The van der Waals surface area contributed by atoms with Crippen molar-refractivity contribution in [2.45, 2.75) is 31.9 Å². The summed E-state index contributed by atoms with van der Waals surface area (Å²) in [5.41, 5.74) is 1.77. The second-order valence-electron chi connectivity index (χ2n) is 5.21. The Morgan fingerprint density at radius 1 is 1.40 bits per heavy atom. The molecule has 0 aliphatic heterocycles. The van der Waals surface area contributed by atoms with Crippen molar-refractivity contribution in [1.29, 1.82) is 0 Å². The average molecular weight is 270 g/mol. The first-order valence-electron chi connectivity index (χ1n) is 6.97. The number of carbonyl (C=O) groups excluding carboxylic acids is 1. The van der Waals surface area contributed by atoms with Crippen molar-refractivity contribution in [2.24, 2.45) is 0 Å². The van der Waals surface area contributed by atoms with Crippen molar-refractivity contribution < 1.29 is 9.53 Å². The minimum Gasteiger partial charge on any atom is -0.370 e. The maximum absolute atomic E-state index is 12.2. The van der Waals surface area contributed by atoms with E-state index in [0.717, 1.165) is 18.4 Å². The summed E-state index contributed by atoms with van der Waals surface area (Å²) in [6, 6.07) is 10.2. The lowest BCUT2D eigenvalue weighted by molar-refractivity contribution is 0.0713. The molecule has 20 heavy (non-hydrogen) atoms. The zero-order valence-electron chi connectivity index (χ0n) is 11.5. The smallest absolute Gasteiger partial charge is 0.206 e. The summed E-state index contributed by atoms with van der Waals surface area (Å²) >= 11 is 0. The van der Waals surface area contributed by atoms with Crippen LogP contribution < -0.4 is 0 Å². The van der Waals surface area contributed by atoms with Crippen molar-refractivity contribution in [3.8, 4) is 0 Å². The highest BCUT2D eigenvalue weighted by molar-refractivity contribution is 5.95. The van der Waals surface area contributed by atoms with Crippen LogP contribution in [-0.2, 0) is 4.74 Å². The molecule has 1 atom stereocenters. The lowest BCUT2D eigenvalue weighted by atomic mass is 10.1. The number of rotatable bonds is 6. The molecule has 0 saturated heterocycles. The van der Waals surface area contributed by atoms with Crippen molar-refractivity contribution in [3.63, 3.8) is 0 Å². The molecule has 1 aromatic heterocycles. The summed E-state index contributed by atoms with van der Waals surface area (Å²) < 4.78 is 7.40. The van der Waals surface area contributed by atoms with Crippen LogP contribution in [0.2, 0.25) is 0 Å². The number of hydrogen-bond acceptors (Lipinski definition) is 3. The minimum absolute atomic E-state index is 0.00261. The van der Waals surface area contributed by atoms with Gasteiger partial charge in [-0.1, -0.05) is 30.3 Å². The molecule has 0 bridgehead atoms. The van der Waals surface area contributed by atoms with Crippen LogP contribution in [0.4, 0.5) is 0 Å².